The van der Waals surface area contributed by atoms with Crippen LogP contribution in [0.3, 0.4) is 0 Å². The monoisotopic (exact) mass is 275 g/mol. The van der Waals surface area contributed by atoms with Crippen LogP contribution in [0.4, 0.5) is 0 Å². The van der Waals surface area contributed by atoms with Gasteiger partial charge in [-0.05, 0) is 35.9 Å². The predicted molar refractivity (Wildman–Crippen MR) is 76.7 cm³/mol. The van der Waals surface area contributed by atoms with Gasteiger partial charge >= 0.3 is 0 Å². The lowest BCUT2D eigenvalue weighted by molar-refractivity contribution is 0.409. The number of benzene rings is 1. The first-order valence-corrected chi connectivity index (χ1v) is 6.74. The van der Waals surface area contributed by atoms with Gasteiger partial charge in [-0.1, -0.05) is 19.1 Å². The van der Waals surface area contributed by atoms with E-state index in [9.17, 15) is 0 Å². The second-order valence-electron chi connectivity index (χ2n) is 4.74. The van der Waals surface area contributed by atoms with Crippen LogP contribution in [0.1, 0.15) is 29.9 Å². The van der Waals surface area contributed by atoms with E-state index in [1.165, 1.54) is 10.4 Å². The Hall–Kier alpha value is -1.95. The van der Waals surface area contributed by atoms with Gasteiger partial charge in [-0.3, -0.25) is 0 Å². The summed E-state index contributed by atoms with van der Waals surface area (Å²) in [7, 11) is 3.46. The molecular weight excluding hydrogens is 254 g/mol. The fourth-order valence-corrected chi connectivity index (χ4v) is 2.20. The summed E-state index contributed by atoms with van der Waals surface area (Å²) in [5.41, 5.74) is 2.30. The lowest BCUT2D eigenvalue weighted by Crippen LogP contribution is -2.23. The number of nitrogens with zero attached hydrogens (tertiary/aromatic N) is 4. The number of aryl methyl sites for hydroxylation is 2. The van der Waals surface area contributed by atoms with Gasteiger partial charge in [-0.25, -0.2) is 0 Å². The second-order valence-corrected chi connectivity index (χ2v) is 4.74. The van der Waals surface area contributed by atoms with Crippen molar-refractivity contribution in [3.05, 3.63) is 35.2 Å². The van der Waals surface area contributed by atoms with Crippen molar-refractivity contribution in [2.45, 2.75) is 26.3 Å². The maximum Gasteiger partial charge on any atom is 0.176 e. The van der Waals surface area contributed by atoms with Gasteiger partial charge in [0.15, 0.2) is 5.82 Å². The number of hydrogen-bond acceptors (Lipinski definition) is 5. The van der Waals surface area contributed by atoms with Gasteiger partial charge in [-0.15, -0.1) is 10.2 Å². The van der Waals surface area contributed by atoms with Crippen LogP contribution in [0.5, 0.6) is 5.75 Å². The van der Waals surface area contributed by atoms with Crippen LogP contribution >= 0.6 is 0 Å². The zero-order chi connectivity index (χ0) is 14.5. The van der Waals surface area contributed by atoms with E-state index in [2.05, 4.69) is 45.9 Å². The highest BCUT2D eigenvalue weighted by Crippen LogP contribution is 2.24. The van der Waals surface area contributed by atoms with Crippen LogP contribution in [0, 0.1) is 6.92 Å². The molecule has 0 radical (unpaired) electrons. The molecule has 0 aliphatic carbocycles. The van der Waals surface area contributed by atoms with Gasteiger partial charge < -0.3 is 10.1 Å². The highest BCUT2D eigenvalue weighted by atomic mass is 16.5. The van der Waals surface area contributed by atoms with E-state index in [4.69, 9.17) is 4.74 Å². The molecule has 0 saturated heterocycles. The number of nitrogens with one attached hydrogen (secondary N) is 1. The number of hydrogen-bond donors (Lipinski definition) is 1. The Kier molecular flexibility index (Phi) is 4.68. The van der Waals surface area contributed by atoms with E-state index in [-0.39, 0.29) is 6.04 Å². The van der Waals surface area contributed by atoms with E-state index in [1.54, 1.807) is 14.2 Å². The molecule has 2 rings (SSSR count). The van der Waals surface area contributed by atoms with E-state index in [1.807, 2.05) is 6.92 Å². The van der Waals surface area contributed by atoms with Crippen molar-refractivity contribution in [3.8, 4) is 5.75 Å². The quantitative estimate of drug-likeness (QED) is 0.863. The van der Waals surface area contributed by atoms with Gasteiger partial charge in [0.25, 0.3) is 0 Å². The second kappa shape index (κ2) is 6.47. The van der Waals surface area contributed by atoms with Crippen LogP contribution in [0.2, 0.25) is 0 Å². The van der Waals surface area contributed by atoms with Crippen molar-refractivity contribution >= 4 is 0 Å². The minimum absolute atomic E-state index is 0.152. The summed E-state index contributed by atoms with van der Waals surface area (Å²) < 4.78 is 5.39. The molecule has 1 unspecified atom stereocenters. The first-order valence-electron chi connectivity index (χ1n) is 6.74. The maximum atomic E-state index is 5.39. The average Bonchev–Trinajstić information content (AvgIpc) is 2.84. The molecule has 0 aliphatic rings. The molecule has 0 spiro atoms. The SMILES string of the molecule is CCNC(Cc1nnn(C)n1)c1ccc(C)c(OC)c1. The van der Waals surface area contributed by atoms with E-state index < -0.39 is 0 Å². The largest absolute Gasteiger partial charge is 0.496 e. The fraction of sp³-hybridized carbons (Fsp3) is 0.500. The number of aromatic nitrogens is 4. The summed E-state index contributed by atoms with van der Waals surface area (Å²) in [4.78, 5) is 1.48. The van der Waals surface area contributed by atoms with Crippen molar-refractivity contribution in [2.24, 2.45) is 7.05 Å². The predicted octanol–water partition coefficient (Wildman–Crippen LogP) is 1.42. The average molecular weight is 275 g/mol. The molecule has 2 aromatic rings. The van der Waals surface area contributed by atoms with Crippen molar-refractivity contribution in [2.75, 3.05) is 13.7 Å². The molecule has 0 amide bonds. The molecule has 108 valence electrons. The van der Waals surface area contributed by atoms with E-state index in [0.717, 1.165) is 23.7 Å². The van der Waals surface area contributed by atoms with Gasteiger partial charge in [0.05, 0.1) is 14.2 Å². The van der Waals surface area contributed by atoms with Gasteiger partial charge in [0, 0.05) is 12.5 Å². The molecule has 1 aromatic heterocycles. The molecule has 6 heteroatoms. The lowest BCUT2D eigenvalue weighted by atomic mass is 10.0. The summed E-state index contributed by atoms with van der Waals surface area (Å²) in [6.45, 7) is 5.00. The summed E-state index contributed by atoms with van der Waals surface area (Å²) in [5, 5.41) is 15.6. The summed E-state index contributed by atoms with van der Waals surface area (Å²) in [5.74, 6) is 1.63. The normalized spacial score (nSPS) is 12.4. The molecule has 6 nitrogen and oxygen atoms in total. The highest BCUT2D eigenvalue weighted by Gasteiger charge is 2.15. The summed E-state index contributed by atoms with van der Waals surface area (Å²) >= 11 is 0. The standard InChI is InChI=1S/C14H21N5O/c1-5-15-12(9-14-16-18-19(3)17-14)11-7-6-10(2)13(8-11)20-4/h6-8,12,15H,5,9H2,1-4H3. The minimum atomic E-state index is 0.152. The number of methoxy groups -OCH3 is 1. The third-order valence-corrected chi connectivity index (χ3v) is 3.22. The first kappa shape index (κ1) is 14.5. The topological polar surface area (TPSA) is 64.9 Å². The van der Waals surface area contributed by atoms with Crippen molar-refractivity contribution < 1.29 is 4.74 Å². The summed E-state index contributed by atoms with van der Waals surface area (Å²) in [6.07, 6.45) is 0.702. The molecule has 0 fully saturated rings. The number of ether oxygens (including phenoxy) is 1. The molecule has 1 atom stereocenters. The Morgan fingerprint density at radius 1 is 1.40 bits per heavy atom. The highest BCUT2D eigenvalue weighted by molar-refractivity contribution is 5.38. The molecule has 1 heterocycles. The van der Waals surface area contributed by atoms with Gasteiger partial charge in [-0.2, -0.15) is 4.80 Å². The van der Waals surface area contributed by atoms with Crippen LogP contribution in [0.15, 0.2) is 18.2 Å². The number of likely N-dealkylation sites (N-methyl/N-ethyl adjacent to an activating group) is 1. The molecule has 0 saturated carbocycles. The van der Waals surface area contributed by atoms with E-state index in [0.29, 0.717) is 6.42 Å². The Bertz CT molecular complexity index is 566. The van der Waals surface area contributed by atoms with Crippen molar-refractivity contribution in [3.63, 3.8) is 0 Å². The smallest absolute Gasteiger partial charge is 0.176 e. The summed E-state index contributed by atoms with van der Waals surface area (Å²) in [6, 6.07) is 6.40. The Morgan fingerprint density at radius 2 is 2.20 bits per heavy atom. The van der Waals surface area contributed by atoms with Crippen LogP contribution in [-0.2, 0) is 13.5 Å². The third-order valence-electron chi connectivity index (χ3n) is 3.22. The van der Waals surface area contributed by atoms with Gasteiger partial charge in [0.1, 0.15) is 5.75 Å². The zero-order valence-corrected chi connectivity index (χ0v) is 12.4. The van der Waals surface area contributed by atoms with Crippen LogP contribution < -0.4 is 10.1 Å². The molecule has 0 aliphatic heterocycles. The Morgan fingerprint density at radius 3 is 2.80 bits per heavy atom. The molecule has 1 aromatic carbocycles. The Labute approximate surface area is 119 Å². The first-order chi connectivity index (χ1) is 9.63. The fourth-order valence-electron chi connectivity index (χ4n) is 2.20. The molecule has 0 bridgehead atoms. The minimum Gasteiger partial charge on any atom is -0.496 e. The van der Waals surface area contributed by atoms with Crippen LogP contribution in [-0.4, -0.2) is 33.9 Å². The maximum absolute atomic E-state index is 5.39. The van der Waals surface area contributed by atoms with E-state index >= 15 is 0 Å². The molecule has 20 heavy (non-hydrogen) atoms. The van der Waals surface area contributed by atoms with Crippen molar-refractivity contribution in [1.29, 1.82) is 0 Å². The van der Waals surface area contributed by atoms with Gasteiger partial charge in [0.2, 0.25) is 0 Å². The number of tetrazole rings is 1. The number of rotatable bonds is 6. The zero-order valence-electron chi connectivity index (χ0n) is 12.4. The lowest BCUT2D eigenvalue weighted by Gasteiger charge is -2.18. The molecular formula is C14H21N5O. The third kappa shape index (κ3) is 3.33. The Balaban J connectivity index is 2.23. The molecule has 1 N–H and O–H groups in total. The van der Waals surface area contributed by atoms with Crippen molar-refractivity contribution in [1.82, 2.24) is 25.5 Å². The van der Waals surface area contributed by atoms with Crippen LogP contribution in [0.25, 0.3) is 0 Å².